The summed E-state index contributed by atoms with van der Waals surface area (Å²) in [5, 5.41) is 13.3. The molecule has 0 aliphatic heterocycles. The van der Waals surface area contributed by atoms with Gasteiger partial charge in [-0.2, -0.15) is 4.39 Å². The van der Waals surface area contributed by atoms with Crippen LogP contribution < -0.4 is 14.8 Å². The average molecular weight is 396 g/mol. The first-order valence-electron chi connectivity index (χ1n) is 8.62. The third-order valence-corrected chi connectivity index (χ3v) is 3.90. The lowest BCUT2D eigenvalue weighted by molar-refractivity contribution is -0.387. The third-order valence-electron chi connectivity index (χ3n) is 3.90. The van der Waals surface area contributed by atoms with E-state index in [0.29, 0.717) is 17.2 Å². The number of nitro groups is 1. The number of nitro benzene ring substituents is 1. The van der Waals surface area contributed by atoms with E-state index in [2.05, 4.69) is 5.32 Å². The molecule has 0 fully saturated rings. The quantitative estimate of drug-likeness (QED) is 0.455. The van der Waals surface area contributed by atoms with E-state index in [4.69, 9.17) is 9.47 Å². The summed E-state index contributed by atoms with van der Waals surface area (Å²) in [5.74, 6) is -0.457. The fraction of sp³-hybridized carbons (Fsp3) is 0.0952. The average Bonchev–Trinajstić information content (AvgIpc) is 2.69. The van der Waals surface area contributed by atoms with Crippen LogP contribution in [0.5, 0.6) is 17.2 Å². The van der Waals surface area contributed by atoms with E-state index in [-0.39, 0.29) is 5.75 Å². The largest absolute Gasteiger partial charge is 0.484 e. The molecule has 0 saturated heterocycles. The van der Waals surface area contributed by atoms with Gasteiger partial charge in [0.15, 0.2) is 12.4 Å². The molecule has 1 amide bonds. The first-order chi connectivity index (χ1) is 13.9. The highest BCUT2D eigenvalue weighted by atomic mass is 19.1. The molecule has 1 N–H and O–H groups in total. The Bertz CT molecular complexity index is 1040. The van der Waals surface area contributed by atoms with Gasteiger partial charge in [-0.3, -0.25) is 14.9 Å². The van der Waals surface area contributed by atoms with Gasteiger partial charge in [0, 0.05) is 12.1 Å². The molecular weight excluding hydrogens is 379 g/mol. The molecule has 0 bridgehead atoms. The number of hydrogen-bond acceptors (Lipinski definition) is 5. The monoisotopic (exact) mass is 396 g/mol. The van der Waals surface area contributed by atoms with E-state index < -0.39 is 28.9 Å². The summed E-state index contributed by atoms with van der Waals surface area (Å²) < 4.78 is 24.6. The molecule has 0 unspecified atom stereocenters. The Hall–Kier alpha value is -3.94. The van der Waals surface area contributed by atoms with Crippen molar-refractivity contribution >= 4 is 17.3 Å². The fourth-order valence-corrected chi connectivity index (χ4v) is 2.45. The number of aryl methyl sites for hydroxylation is 1. The number of benzene rings is 3. The van der Waals surface area contributed by atoms with Gasteiger partial charge >= 0.3 is 5.69 Å². The van der Waals surface area contributed by atoms with Crippen molar-refractivity contribution in [1.29, 1.82) is 0 Å². The minimum absolute atomic E-state index is 0.00689. The maximum Gasteiger partial charge on any atom is 0.305 e. The maximum atomic E-state index is 13.6. The highest BCUT2D eigenvalue weighted by Gasteiger charge is 2.15. The zero-order valence-corrected chi connectivity index (χ0v) is 15.4. The fourth-order valence-electron chi connectivity index (χ4n) is 2.45. The summed E-state index contributed by atoms with van der Waals surface area (Å²) in [6.07, 6.45) is 0. The molecule has 0 atom stereocenters. The lowest BCUT2D eigenvalue weighted by Gasteiger charge is -2.13. The zero-order valence-electron chi connectivity index (χ0n) is 15.4. The van der Waals surface area contributed by atoms with E-state index in [0.717, 1.165) is 17.7 Å². The smallest absolute Gasteiger partial charge is 0.305 e. The molecule has 7 nitrogen and oxygen atoms in total. The standard InChI is InChI=1S/C21H17FN2O5/c1-14-6-8-15(9-7-14)29-20-5-3-2-4-18(20)23-21(25)13-28-16-10-11-19(24(26)27)17(22)12-16/h2-12H,13H2,1H3,(H,23,25). The Kier molecular flexibility index (Phi) is 6.03. The summed E-state index contributed by atoms with van der Waals surface area (Å²) in [6, 6.07) is 17.4. The molecule has 0 radical (unpaired) electrons. The van der Waals surface area contributed by atoms with Crippen molar-refractivity contribution in [2.24, 2.45) is 0 Å². The van der Waals surface area contributed by atoms with Crippen LogP contribution in [0.3, 0.4) is 0 Å². The van der Waals surface area contributed by atoms with Gasteiger partial charge in [-0.05, 0) is 37.3 Å². The van der Waals surface area contributed by atoms with Crippen molar-refractivity contribution < 1.29 is 23.6 Å². The number of carbonyl (C=O) groups excluding carboxylic acids is 1. The van der Waals surface area contributed by atoms with Crippen LogP contribution in [0.15, 0.2) is 66.7 Å². The molecular formula is C21H17FN2O5. The first kappa shape index (κ1) is 19.8. The predicted octanol–water partition coefficient (Wildman–Crippen LogP) is 4.85. The van der Waals surface area contributed by atoms with Crippen molar-refractivity contribution in [1.82, 2.24) is 0 Å². The van der Waals surface area contributed by atoms with Gasteiger partial charge in [0.25, 0.3) is 5.91 Å². The second-order valence-corrected chi connectivity index (χ2v) is 6.12. The van der Waals surface area contributed by atoms with E-state index in [1.165, 1.54) is 6.07 Å². The molecule has 3 aromatic rings. The maximum absolute atomic E-state index is 13.6. The molecule has 0 aliphatic carbocycles. The molecule has 0 aliphatic rings. The number of ether oxygens (including phenoxy) is 2. The Morgan fingerprint density at radius 2 is 1.76 bits per heavy atom. The topological polar surface area (TPSA) is 90.7 Å². The molecule has 8 heteroatoms. The number of hydrogen-bond donors (Lipinski definition) is 1. The second kappa shape index (κ2) is 8.83. The van der Waals surface area contributed by atoms with E-state index in [1.54, 1.807) is 24.3 Å². The normalized spacial score (nSPS) is 10.3. The van der Waals surface area contributed by atoms with Crippen molar-refractivity contribution in [3.8, 4) is 17.2 Å². The van der Waals surface area contributed by atoms with Crippen molar-refractivity contribution in [3.05, 3.63) is 88.2 Å². The summed E-state index contributed by atoms with van der Waals surface area (Å²) in [7, 11) is 0. The number of rotatable bonds is 7. The van der Waals surface area contributed by atoms with Crippen LogP contribution in [-0.2, 0) is 4.79 Å². The van der Waals surface area contributed by atoms with Crippen molar-refractivity contribution in [2.45, 2.75) is 6.92 Å². The molecule has 148 valence electrons. The van der Waals surface area contributed by atoms with Gasteiger partial charge in [0.1, 0.15) is 11.5 Å². The Morgan fingerprint density at radius 3 is 2.45 bits per heavy atom. The van der Waals surface area contributed by atoms with Crippen LogP contribution in [-0.4, -0.2) is 17.4 Å². The van der Waals surface area contributed by atoms with Gasteiger partial charge in [-0.1, -0.05) is 29.8 Å². The second-order valence-electron chi connectivity index (χ2n) is 6.12. The molecule has 3 rings (SSSR count). The van der Waals surface area contributed by atoms with Gasteiger partial charge < -0.3 is 14.8 Å². The Balaban J connectivity index is 1.63. The number of nitrogens with one attached hydrogen (secondary N) is 1. The summed E-state index contributed by atoms with van der Waals surface area (Å²) in [5.41, 5.74) is 0.874. The van der Waals surface area contributed by atoms with Crippen LogP contribution >= 0.6 is 0 Å². The number of amides is 1. The van der Waals surface area contributed by atoms with Crippen molar-refractivity contribution in [2.75, 3.05) is 11.9 Å². The highest BCUT2D eigenvalue weighted by molar-refractivity contribution is 5.93. The van der Waals surface area contributed by atoms with Crippen LogP contribution in [0.4, 0.5) is 15.8 Å². The molecule has 3 aromatic carbocycles. The highest BCUT2D eigenvalue weighted by Crippen LogP contribution is 2.29. The number of carbonyl (C=O) groups is 1. The minimum atomic E-state index is -1.04. The lowest BCUT2D eigenvalue weighted by Crippen LogP contribution is -2.20. The van der Waals surface area contributed by atoms with Gasteiger partial charge in [0.2, 0.25) is 5.82 Å². The zero-order chi connectivity index (χ0) is 20.8. The third kappa shape index (κ3) is 5.29. The van der Waals surface area contributed by atoms with E-state index in [9.17, 15) is 19.3 Å². The van der Waals surface area contributed by atoms with E-state index in [1.807, 2.05) is 31.2 Å². The molecule has 0 spiro atoms. The lowest BCUT2D eigenvalue weighted by atomic mass is 10.2. The predicted molar refractivity (Wildman–Crippen MR) is 105 cm³/mol. The van der Waals surface area contributed by atoms with Crippen LogP contribution in [0.25, 0.3) is 0 Å². The Morgan fingerprint density at radius 1 is 1.07 bits per heavy atom. The molecule has 0 aromatic heterocycles. The number of halogens is 1. The van der Waals surface area contributed by atoms with Crippen LogP contribution in [0, 0.1) is 22.9 Å². The first-order valence-corrected chi connectivity index (χ1v) is 8.62. The number of para-hydroxylation sites is 2. The van der Waals surface area contributed by atoms with Gasteiger partial charge in [0.05, 0.1) is 10.6 Å². The van der Waals surface area contributed by atoms with Crippen LogP contribution in [0.1, 0.15) is 5.56 Å². The molecule has 0 saturated carbocycles. The number of anilines is 1. The summed E-state index contributed by atoms with van der Waals surface area (Å²) >= 11 is 0. The molecule has 0 heterocycles. The minimum Gasteiger partial charge on any atom is -0.484 e. The van der Waals surface area contributed by atoms with E-state index >= 15 is 0 Å². The Labute approximate surface area is 165 Å². The van der Waals surface area contributed by atoms with Crippen molar-refractivity contribution in [3.63, 3.8) is 0 Å². The van der Waals surface area contributed by atoms with Gasteiger partial charge in [-0.15, -0.1) is 0 Å². The van der Waals surface area contributed by atoms with Gasteiger partial charge in [-0.25, -0.2) is 0 Å². The molecule has 29 heavy (non-hydrogen) atoms. The van der Waals surface area contributed by atoms with Crippen LogP contribution in [0.2, 0.25) is 0 Å². The number of nitrogens with zero attached hydrogens (tertiary/aromatic N) is 1. The summed E-state index contributed by atoms with van der Waals surface area (Å²) in [6.45, 7) is 1.56. The SMILES string of the molecule is Cc1ccc(Oc2ccccc2NC(=O)COc2ccc([N+](=O)[O-])c(F)c2)cc1. The summed E-state index contributed by atoms with van der Waals surface area (Å²) in [4.78, 5) is 22.0.